The van der Waals surface area contributed by atoms with Crippen molar-refractivity contribution in [3.05, 3.63) is 0 Å². The van der Waals surface area contributed by atoms with Crippen LogP contribution in [0, 0.1) is 0 Å². The van der Waals surface area contributed by atoms with Gasteiger partial charge in [0.1, 0.15) is 0 Å². The molecule has 14 heavy (non-hydrogen) atoms. The van der Waals surface area contributed by atoms with Crippen LogP contribution in [0.5, 0.6) is 0 Å². The summed E-state index contributed by atoms with van der Waals surface area (Å²) in [5.74, 6) is 0. The molecule has 0 fully saturated rings. The zero-order valence-electron chi connectivity index (χ0n) is 7.17. The predicted molar refractivity (Wildman–Crippen MR) is 31.3 cm³/mol. The molecular weight excluding hydrogens is 270 g/mol. The zero-order chi connectivity index (χ0) is 7.71. The summed E-state index contributed by atoms with van der Waals surface area (Å²) < 4.78 is 58.2. The van der Waals surface area contributed by atoms with Crippen molar-refractivity contribution in [2.24, 2.45) is 0 Å². The first kappa shape index (κ1) is 36.1. The molecule has 0 aromatic carbocycles. The third-order valence-corrected chi connectivity index (χ3v) is 1.50. The molecule has 80 valence electrons. The van der Waals surface area contributed by atoms with E-state index < -0.39 is 20.8 Å². The number of rotatable bonds is 2. The van der Waals surface area contributed by atoms with E-state index in [9.17, 15) is 25.9 Å². The van der Waals surface area contributed by atoms with Crippen molar-refractivity contribution in [2.45, 2.75) is 0 Å². The average Bonchev–Trinajstić information content (AvgIpc) is 1.14. The maximum atomic E-state index is 9.29. The fourth-order valence-corrected chi connectivity index (χ4v) is 0.919. The molecule has 0 spiro atoms. The third kappa shape index (κ3) is 37.3. The summed E-state index contributed by atoms with van der Waals surface area (Å²) in [4.78, 5) is 0. The Labute approximate surface area is 124 Å². The molecule has 0 aromatic heterocycles. The van der Waals surface area contributed by atoms with Gasteiger partial charge in [0, 0.05) is 0 Å². The van der Waals surface area contributed by atoms with Crippen molar-refractivity contribution in [1.82, 2.24) is 0 Å². The minimum absolute atomic E-state index is 0. The Morgan fingerprint density at radius 1 is 0.714 bits per heavy atom. The Bertz CT molecular complexity index is 241. The van der Waals surface area contributed by atoms with Crippen LogP contribution in [0.3, 0.4) is 0 Å². The zero-order valence-corrected chi connectivity index (χ0v) is 12.8. The van der Waals surface area contributed by atoms with Crippen LogP contribution in [0.15, 0.2) is 0 Å². The van der Waals surface area contributed by atoms with Gasteiger partial charge < -0.3 is 25.5 Å². The first-order valence-electron chi connectivity index (χ1n) is 1.33. The smallest absolute Gasteiger partial charge is 0.725 e. The summed E-state index contributed by atoms with van der Waals surface area (Å²) in [5, 5.41) is 0. The van der Waals surface area contributed by atoms with E-state index in [2.05, 4.69) is 3.63 Å². The molecule has 0 saturated carbocycles. The van der Waals surface area contributed by atoms with Crippen LogP contribution in [0.4, 0.5) is 0 Å². The summed E-state index contributed by atoms with van der Waals surface area (Å²) in [6.07, 6.45) is 0. The van der Waals surface area contributed by atoms with Gasteiger partial charge in [-0.3, -0.25) is 0 Å². The summed E-state index contributed by atoms with van der Waals surface area (Å²) in [7, 11) is -10.9. The number of hydrogen-bond acceptors (Lipinski definition) is 7. The number of hydrogen-bond donors (Lipinski definition) is 0. The van der Waals surface area contributed by atoms with Crippen molar-refractivity contribution in [3.63, 3.8) is 0 Å². The molecule has 0 aliphatic rings. The predicted octanol–water partition coefficient (Wildman–Crippen LogP) is -10.5. The second-order valence-corrected chi connectivity index (χ2v) is 3.06. The van der Waals surface area contributed by atoms with E-state index in [1.165, 1.54) is 0 Å². The molecule has 0 aliphatic heterocycles. The maximum absolute atomic E-state index is 9.29. The van der Waals surface area contributed by atoms with Crippen molar-refractivity contribution in [3.8, 4) is 0 Å². The largest absolute Gasteiger partial charge is 1.00 e. The van der Waals surface area contributed by atoms with Gasteiger partial charge in [0.15, 0.2) is 0 Å². The molecule has 0 rings (SSSR count). The van der Waals surface area contributed by atoms with E-state index in [0.717, 1.165) is 0 Å². The molecule has 0 saturated heterocycles. The fraction of sp³-hybridized carbons (Fsp3) is 0. The topological polar surface area (TPSA) is 218 Å². The first-order chi connectivity index (χ1) is 3.71. The molecule has 14 heteroatoms. The van der Waals surface area contributed by atoms with Crippen LogP contribution in [0.1, 0.15) is 0 Å². The maximum Gasteiger partial charge on any atom is 1.00 e. The Balaban J connectivity index is -0.0000000320. The molecule has 0 heterocycles. The van der Waals surface area contributed by atoms with E-state index in [0.29, 0.717) is 0 Å². The van der Waals surface area contributed by atoms with E-state index in [-0.39, 0.29) is 75.5 Å². The van der Waals surface area contributed by atoms with Crippen LogP contribution in [-0.4, -0.2) is 42.4 Å². The van der Waals surface area contributed by atoms with Gasteiger partial charge in [0.05, 0.1) is 0 Å². The molecule has 0 bridgehead atoms. The van der Waals surface area contributed by atoms with Crippen molar-refractivity contribution >= 4 is 20.8 Å². The van der Waals surface area contributed by atoms with Crippen molar-refractivity contribution in [2.75, 3.05) is 0 Å². The Morgan fingerprint density at radius 2 is 0.857 bits per heavy atom. The molecule has 6 N–H and O–H groups in total. The van der Waals surface area contributed by atoms with Crippen molar-refractivity contribution in [1.29, 1.82) is 0 Å². The SMILES string of the molecule is O.O.O.O=S(=O)([O-])OS(=O)(=O)[O-].[Na+].[Na+]. The van der Waals surface area contributed by atoms with Gasteiger partial charge in [-0.2, -0.15) is 3.63 Å². The van der Waals surface area contributed by atoms with E-state index in [1.807, 2.05) is 0 Å². The minimum Gasteiger partial charge on any atom is -0.725 e. The molecule has 0 radical (unpaired) electrons. The van der Waals surface area contributed by atoms with E-state index in [4.69, 9.17) is 0 Å². The van der Waals surface area contributed by atoms with E-state index in [1.54, 1.807) is 0 Å². The second-order valence-electron chi connectivity index (χ2n) is 0.885. The first-order valence-corrected chi connectivity index (χ1v) is 4.00. The fourth-order valence-electron chi connectivity index (χ4n) is 0.102. The summed E-state index contributed by atoms with van der Waals surface area (Å²) in [5.41, 5.74) is 0. The van der Waals surface area contributed by atoms with E-state index >= 15 is 0 Å². The standard InChI is InChI=1S/2Na.H2O7S2.3H2O/c;;1-8(2,3)7-9(4,5)6;;;/h;;(H,1,2,3)(H,4,5,6);3*1H2/q2*+1;;;;/p-2. The van der Waals surface area contributed by atoms with Gasteiger partial charge in [-0.05, 0) is 0 Å². The molecule has 0 amide bonds. The van der Waals surface area contributed by atoms with Crippen LogP contribution in [0.25, 0.3) is 0 Å². The molecular formula is H6Na2O10S2. The van der Waals surface area contributed by atoms with Crippen LogP contribution in [0.2, 0.25) is 0 Å². The quantitative estimate of drug-likeness (QED) is 0.269. The summed E-state index contributed by atoms with van der Waals surface area (Å²) >= 11 is 0. The van der Waals surface area contributed by atoms with Gasteiger partial charge in [-0.15, -0.1) is 0 Å². The normalized spacial score (nSPS) is 8.71. The molecule has 10 nitrogen and oxygen atoms in total. The van der Waals surface area contributed by atoms with Crippen molar-refractivity contribution < 1.29 is 105 Å². The van der Waals surface area contributed by atoms with Crippen LogP contribution < -0.4 is 59.1 Å². The van der Waals surface area contributed by atoms with Gasteiger partial charge >= 0.3 is 59.1 Å². The minimum atomic E-state index is -5.43. The van der Waals surface area contributed by atoms with Gasteiger partial charge in [0.2, 0.25) is 20.8 Å². The molecule has 0 aliphatic carbocycles. The average molecular weight is 276 g/mol. The van der Waals surface area contributed by atoms with Crippen LogP contribution >= 0.6 is 0 Å². The summed E-state index contributed by atoms with van der Waals surface area (Å²) in [6, 6.07) is 0. The monoisotopic (exact) mass is 276 g/mol. The van der Waals surface area contributed by atoms with Gasteiger partial charge in [-0.1, -0.05) is 0 Å². The molecule has 0 atom stereocenters. The Morgan fingerprint density at radius 3 is 0.857 bits per heavy atom. The third-order valence-electron chi connectivity index (χ3n) is 0.167. The molecule has 0 aromatic rings. The molecule has 0 unspecified atom stereocenters. The van der Waals surface area contributed by atoms with Gasteiger partial charge in [-0.25, -0.2) is 16.8 Å². The Hall–Kier alpha value is 1.66. The Kier molecular flexibility index (Phi) is 32.8. The van der Waals surface area contributed by atoms with Gasteiger partial charge in [0.25, 0.3) is 0 Å². The summed E-state index contributed by atoms with van der Waals surface area (Å²) in [6.45, 7) is 0. The van der Waals surface area contributed by atoms with Crippen LogP contribution in [-0.2, 0) is 24.4 Å². The second kappa shape index (κ2) is 12.7.